The van der Waals surface area contributed by atoms with Crippen molar-refractivity contribution >= 4 is 25.8 Å². The lowest BCUT2D eigenvalue weighted by atomic mass is 9.99. The fraction of sp³-hybridized carbons (Fsp3) is 0.444. The largest absolute Gasteiger partial charge is 0.232 e. The van der Waals surface area contributed by atoms with Crippen molar-refractivity contribution < 1.29 is 8.42 Å². The van der Waals surface area contributed by atoms with E-state index in [1.54, 1.807) is 25.3 Å². The normalized spacial score (nSPS) is 24.8. The molecule has 17 heavy (non-hydrogen) atoms. The van der Waals surface area contributed by atoms with Gasteiger partial charge in [0.15, 0.2) is 15.7 Å². The first-order chi connectivity index (χ1) is 7.91. The highest BCUT2D eigenvalue weighted by molar-refractivity contribution is 9.11. The van der Waals surface area contributed by atoms with E-state index in [2.05, 4.69) is 31.5 Å². The van der Waals surface area contributed by atoms with Crippen molar-refractivity contribution in [3.05, 3.63) is 28.5 Å². The summed E-state index contributed by atoms with van der Waals surface area (Å²) < 4.78 is 25.8. The number of rotatable bonds is 2. The summed E-state index contributed by atoms with van der Waals surface area (Å²) >= 11 is 3.38. The number of aromatic nitrogens is 4. The van der Waals surface area contributed by atoms with Gasteiger partial charge in [-0.25, -0.2) is 13.1 Å². The van der Waals surface area contributed by atoms with Gasteiger partial charge in [0.2, 0.25) is 0 Å². The van der Waals surface area contributed by atoms with Gasteiger partial charge in [-0.1, -0.05) is 34.2 Å². The van der Waals surface area contributed by atoms with Crippen LogP contribution in [0.15, 0.2) is 22.7 Å². The molecule has 0 spiro atoms. The van der Waals surface area contributed by atoms with E-state index in [0.29, 0.717) is 5.82 Å². The Labute approximate surface area is 107 Å². The number of tetrazole rings is 1. The van der Waals surface area contributed by atoms with Crippen LogP contribution in [-0.2, 0) is 16.9 Å². The molecule has 0 radical (unpaired) electrons. The van der Waals surface area contributed by atoms with Gasteiger partial charge in [0.05, 0.1) is 11.2 Å². The van der Waals surface area contributed by atoms with Crippen LogP contribution in [0.5, 0.6) is 0 Å². The number of sulfone groups is 1. The number of aryl methyl sites for hydroxylation is 1. The van der Waals surface area contributed by atoms with Gasteiger partial charge >= 0.3 is 0 Å². The fourth-order valence-electron chi connectivity index (χ4n) is 1.79. The Balaban J connectivity index is 2.52. The van der Waals surface area contributed by atoms with E-state index in [-0.39, 0.29) is 0 Å². The maximum atomic E-state index is 11.8. The van der Waals surface area contributed by atoms with Crippen molar-refractivity contribution in [2.45, 2.75) is 11.2 Å². The summed E-state index contributed by atoms with van der Waals surface area (Å²) in [4.78, 5) is 0. The quantitative estimate of drug-likeness (QED) is 0.796. The minimum Gasteiger partial charge on any atom is -0.232 e. The smallest absolute Gasteiger partial charge is 0.160 e. The number of nitrogens with zero attached hydrogens (tertiary/aromatic N) is 4. The van der Waals surface area contributed by atoms with Crippen molar-refractivity contribution in [3.63, 3.8) is 0 Å². The summed E-state index contributed by atoms with van der Waals surface area (Å²) in [6.07, 6.45) is 6.39. The van der Waals surface area contributed by atoms with E-state index in [4.69, 9.17) is 0 Å². The Bertz CT molecular complexity index is 590. The lowest BCUT2D eigenvalue weighted by Gasteiger charge is -2.24. The first kappa shape index (κ1) is 12.4. The molecule has 1 aromatic rings. The Hall–Kier alpha value is -1.02. The third kappa shape index (κ3) is 2.32. The fourth-order valence-corrected chi connectivity index (χ4v) is 3.74. The van der Waals surface area contributed by atoms with Crippen molar-refractivity contribution in [2.24, 2.45) is 7.05 Å². The standard InChI is InChI=1S/C9H11BrN4O2S/c1-14-9(11-12-13-14)8-6(10)4-3-5-7(8)17(2,15)16/h3-5,7-8H,1-2H3. The SMILES string of the molecule is Cn1nnnc1C1C(Br)=CC=CC1S(C)(=O)=O. The van der Waals surface area contributed by atoms with Gasteiger partial charge < -0.3 is 0 Å². The van der Waals surface area contributed by atoms with Gasteiger partial charge in [-0.15, -0.1) is 5.10 Å². The van der Waals surface area contributed by atoms with E-state index < -0.39 is 21.0 Å². The predicted octanol–water partition coefficient (Wildman–Crippen LogP) is 0.555. The van der Waals surface area contributed by atoms with E-state index in [0.717, 1.165) is 4.48 Å². The summed E-state index contributed by atoms with van der Waals surface area (Å²) in [5.74, 6) is 0.128. The summed E-state index contributed by atoms with van der Waals surface area (Å²) in [5.41, 5.74) is 0. The average molecular weight is 319 g/mol. The van der Waals surface area contributed by atoms with Gasteiger partial charge in [0, 0.05) is 17.8 Å². The highest BCUT2D eigenvalue weighted by atomic mass is 79.9. The molecule has 0 aromatic carbocycles. The minimum atomic E-state index is -3.22. The first-order valence-corrected chi connectivity index (χ1v) is 7.61. The molecular formula is C9H11BrN4O2S. The maximum Gasteiger partial charge on any atom is 0.160 e. The first-order valence-electron chi connectivity index (χ1n) is 4.86. The monoisotopic (exact) mass is 318 g/mol. The summed E-state index contributed by atoms with van der Waals surface area (Å²) in [7, 11) is -1.53. The molecule has 2 unspecified atom stereocenters. The van der Waals surface area contributed by atoms with Crippen LogP contribution < -0.4 is 0 Å². The molecule has 0 aliphatic heterocycles. The maximum absolute atomic E-state index is 11.8. The predicted molar refractivity (Wildman–Crippen MR) is 66.3 cm³/mol. The molecule has 6 nitrogen and oxygen atoms in total. The zero-order valence-corrected chi connectivity index (χ0v) is 11.7. The van der Waals surface area contributed by atoms with Gasteiger partial charge in [-0.05, 0) is 10.4 Å². The van der Waals surface area contributed by atoms with Crippen LogP contribution in [0, 0.1) is 0 Å². The second kappa shape index (κ2) is 4.34. The molecule has 0 fully saturated rings. The Morgan fingerprint density at radius 3 is 2.71 bits per heavy atom. The third-order valence-electron chi connectivity index (χ3n) is 2.61. The topological polar surface area (TPSA) is 77.7 Å². The minimum absolute atomic E-state index is 0.394. The number of hydrogen-bond donors (Lipinski definition) is 0. The molecule has 1 aromatic heterocycles. The zero-order chi connectivity index (χ0) is 12.6. The Kier molecular flexibility index (Phi) is 3.17. The number of hydrogen-bond acceptors (Lipinski definition) is 5. The van der Waals surface area contributed by atoms with Crippen LogP contribution in [0.2, 0.25) is 0 Å². The molecule has 2 rings (SSSR count). The molecule has 0 saturated heterocycles. The van der Waals surface area contributed by atoms with Gasteiger partial charge in [0.25, 0.3) is 0 Å². The molecule has 2 atom stereocenters. The zero-order valence-electron chi connectivity index (χ0n) is 9.28. The second-order valence-electron chi connectivity index (χ2n) is 3.87. The molecule has 1 heterocycles. The average Bonchev–Trinajstić information content (AvgIpc) is 2.62. The molecule has 8 heteroatoms. The summed E-state index contributed by atoms with van der Waals surface area (Å²) in [6, 6.07) is 0. The van der Waals surface area contributed by atoms with Crippen LogP contribution in [-0.4, -0.2) is 40.1 Å². The van der Waals surface area contributed by atoms with Crippen LogP contribution in [0.3, 0.4) is 0 Å². The molecule has 1 aliphatic carbocycles. The van der Waals surface area contributed by atoms with E-state index >= 15 is 0 Å². The number of allylic oxidation sites excluding steroid dienone is 3. The van der Waals surface area contributed by atoms with E-state index in [1.807, 2.05) is 0 Å². The lowest BCUT2D eigenvalue weighted by molar-refractivity contribution is 0.578. The molecule has 1 aliphatic rings. The summed E-state index contributed by atoms with van der Waals surface area (Å²) in [6.45, 7) is 0. The Morgan fingerprint density at radius 1 is 1.47 bits per heavy atom. The Morgan fingerprint density at radius 2 is 2.18 bits per heavy atom. The number of halogens is 1. The van der Waals surface area contributed by atoms with Crippen molar-refractivity contribution in [1.29, 1.82) is 0 Å². The van der Waals surface area contributed by atoms with Crippen molar-refractivity contribution in [2.75, 3.05) is 6.26 Å². The highest BCUT2D eigenvalue weighted by Crippen LogP contribution is 2.36. The van der Waals surface area contributed by atoms with Crippen LogP contribution >= 0.6 is 15.9 Å². The molecule has 0 N–H and O–H groups in total. The summed E-state index contributed by atoms with van der Waals surface area (Å²) in [5, 5.41) is 10.5. The van der Waals surface area contributed by atoms with Gasteiger partial charge in [0.1, 0.15) is 0 Å². The van der Waals surface area contributed by atoms with Gasteiger partial charge in [-0.3, -0.25) is 0 Å². The van der Waals surface area contributed by atoms with Crippen LogP contribution in [0.4, 0.5) is 0 Å². The highest BCUT2D eigenvalue weighted by Gasteiger charge is 2.36. The lowest BCUT2D eigenvalue weighted by Crippen LogP contribution is -2.29. The molecule has 0 bridgehead atoms. The van der Waals surface area contributed by atoms with Crippen molar-refractivity contribution in [3.8, 4) is 0 Å². The van der Waals surface area contributed by atoms with E-state index in [1.165, 1.54) is 10.9 Å². The molecule has 0 saturated carbocycles. The van der Waals surface area contributed by atoms with Crippen LogP contribution in [0.25, 0.3) is 0 Å². The van der Waals surface area contributed by atoms with Gasteiger partial charge in [-0.2, -0.15) is 0 Å². The van der Waals surface area contributed by atoms with Crippen LogP contribution in [0.1, 0.15) is 11.7 Å². The molecule has 0 amide bonds. The molecule has 92 valence electrons. The molecular weight excluding hydrogens is 308 g/mol. The van der Waals surface area contributed by atoms with E-state index in [9.17, 15) is 8.42 Å². The van der Waals surface area contributed by atoms with Crippen molar-refractivity contribution in [1.82, 2.24) is 20.2 Å². The third-order valence-corrected chi connectivity index (χ3v) is 4.78. The second-order valence-corrected chi connectivity index (χ2v) is 6.99.